The van der Waals surface area contributed by atoms with E-state index in [0.29, 0.717) is 0 Å². The first-order chi connectivity index (χ1) is 10.6. The normalized spacial score (nSPS) is 10.7. The summed E-state index contributed by atoms with van der Waals surface area (Å²) < 4.78 is 2.15. The van der Waals surface area contributed by atoms with Crippen molar-refractivity contribution in [1.82, 2.24) is 0 Å². The lowest BCUT2D eigenvalue weighted by Crippen LogP contribution is -3.00. The average molecular weight is 325 g/mol. The van der Waals surface area contributed by atoms with Crippen LogP contribution >= 0.6 is 0 Å². The van der Waals surface area contributed by atoms with E-state index in [4.69, 9.17) is 0 Å². The van der Waals surface area contributed by atoms with Gasteiger partial charge < -0.3 is 17.3 Å². The van der Waals surface area contributed by atoms with Gasteiger partial charge in [0.2, 0.25) is 5.52 Å². The third-order valence-corrected chi connectivity index (χ3v) is 3.94. The maximum atomic E-state index is 2.19. The fourth-order valence-corrected chi connectivity index (χ4v) is 2.60. The third-order valence-electron chi connectivity index (χ3n) is 3.94. The minimum absolute atomic E-state index is 0. The zero-order valence-corrected chi connectivity index (χ0v) is 14.5. The predicted molar refractivity (Wildman–Crippen MR) is 94.8 cm³/mol. The van der Waals surface area contributed by atoms with Crippen LogP contribution in [0.1, 0.15) is 11.1 Å². The fraction of sp³-hybridized carbons (Fsp3) is 0.150. The molecular formula is C20H21ClN2. The number of aryl methyl sites for hydroxylation is 1. The number of rotatable bonds is 3. The SMILES string of the molecule is CN(C)c1ccc(C=Cc2cc[n+](C)c3ccccc23)cc1.[Cl-]. The molecule has 3 aromatic rings. The molecule has 3 heteroatoms. The van der Waals surface area contributed by atoms with Crippen molar-refractivity contribution in [2.24, 2.45) is 7.05 Å². The Labute approximate surface area is 144 Å². The van der Waals surface area contributed by atoms with Crippen molar-refractivity contribution in [2.75, 3.05) is 19.0 Å². The molecule has 0 saturated carbocycles. The molecule has 0 saturated heterocycles. The van der Waals surface area contributed by atoms with E-state index in [9.17, 15) is 0 Å². The summed E-state index contributed by atoms with van der Waals surface area (Å²) in [6, 6.07) is 19.2. The van der Waals surface area contributed by atoms with Gasteiger partial charge in [-0.2, -0.15) is 0 Å². The second-order valence-corrected chi connectivity index (χ2v) is 5.72. The molecule has 23 heavy (non-hydrogen) atoms. The van der Waals surface area contributed by atoms with Gasteiger partial charge in [-0.05, 0) is 29.3 Å². The van der Waals surface area contributed by atoms with E-state index in [-0.39, 0.29) is 12.4 Å². The molecule has 0 fully saturated rings. The molecule has 0 atom stereocenters. The Balaban J connectivity index is 0.00000192. The average Bonchev–Trinajstić information content (AvgIpc) is 2.55. The van der Waals surface area contributed by atoms with Crippen LogP contribution in [-0.2, 0) is 7.05 Å². The lowest BCUT2D eigenvalue weighted by molar-refractivity contribution is -0.644. The summed E-state index contributed by atoms with van der Waals surface area (Å²) in [7, 11) is 6.19. The predicted octanol–water partition coefficient (Wildman–Crippen LogP) is 0.905. The topological polar surface area (TPSA) is 7.12 Å². The van der Waals surface area contributed by atoms with Crippen LogP contribution in [0.15, 0.2) is 60.8 Å². The van der Waals surface area contributed by atoms with Gasteiger partial charge in [0.25, 0.3) is 0 Å². The molecule has 0 aliphatic heterocycles. The van der Waals surface area contributed by atoms with Crippen molar-refractivity contribution in [1.29, 1.82) is 0 Å². The largest absolute Gasteiger partial charge is 1.00 e. The molecule has 118 valence electrons. The molecule has 0 spiro atoms. The zero-order valence-electron chi connectivity index (χ0n) is 13.7. The monoisotopic (exact) mass is 324 g/mol. The standard InChI is InChI=1S/C20H21N2.ClH/c1-21(2)18-12-9-16(10-13-18)8-11-17-14-15-22(3)20-7-5-4-6-19(17)20;/h4-15H,1-3H3;1H/q+1;/p-1. The molecule has 0 aliphatic carbocycles. The molecule has 0 aliphatic rings. The number of aromatic nitrogens is 1. The summed E-state index contributed by atoms with van der Waals surface area (Å²) in [6.45, 7) is 0. The number of hydrogen-bond acceptors (Lipinski definition) is 1. The highest BCUT2D eigenvalue weighted by molar-refractivity contribution is 5.88. The van der Waals surface area contributed by atoms with E-state index in [2.05, 4.69) is 104 Å². The van der Waals surface area contributed by atoms with Gasteiger partial charge >= 0.3 is 0 Å². The molecule has 2 nitrogen and oxygen atoms in total. The van der Waals surface area contributed by atoms with Gasteiger partial charge in [-0.25, -0.2) is 4.57 Å². The summed E-state index contributed by atoms with van der Waals surface area (Å²) in [6.07, 6.45) is 6.46. The maximum absolute atomic E-state index is 2.19. The quantitative estimate of drug-likeness (QED) is 0.650. The highest BCUT2D eigenvalue weighted by Gasteiger charge is 2.06. The first-order valence-electron chi connectivity index (χ1n) is 7.48. The third kappa shape index (κ3) is 3.72. The van der Waals surface area contributed by atoms with Crippen LogP contribution in [0.5, 0.6) is 0 Å². The van der Waals surface area contributed by atoms with E-state index in [0.717, 1.165) is 0 Å². The number of hydrogen-bond donors (Lipinski definition) is 0. The van der Waals surface area contributed by atoms with Gasteiger partial charge in [-0.1, -0.05) is 36.4 Å². The van der Waals surface area contributed by atoms with E-state index in [1.807, 2.05) is 0 Å². The Bertz CT molecular complexity index is 821. The van der Waals surface area contributed by atoms with Crippen molar-refractivity contribution in [3.05, 3.63) is 71.9 Å². The molecule has 1 heterocycles. The maximum Gasteiger partial charge on any atom is 0.212 e. The molecule has 0 radical (unpaired) electrons. The van der Waals surface area contributed by atoms with Gasteiger partial charge in [0.15, 0.2) is 6.20 Å². The van der Waals surface area contributed by atoms with Crippen LogP contribution in [0.2, 0.25) is 0 Å². The van der Waals surface area contributed by atoms with Crippen LogP contribution in [0.4, 0.5) is 5.69 Å². The Morgan fingerprint density at radius 1 is 0.870 bits per heavy atom. The molecule has 3 rings (SSSR count). The smallest absolute Gasteiger partial charge is 0.212 e. The summed E-state index contributed by atoms with van der Waals surface area (Å²) in [4.78, 5) is 2.11. The lowest BCUT2D eigenvalue weighted by Gasteiger charge is -2.11. The van der Waals surface area contributed by atoms with Crippen LogP contribution < -0.4 is 21.9 Å². The summed E-state index contributed by atoms with van der Waals surface area (Å²) >= 11 is 0. The fourth-order valence-electron chi connectivity index (χ4n) is 2.60. The van der Waals surface area contributed by atoms with Gasteiger partial charge in [0, 0.05) is 31.9 Å². The number of anilines is 1. The molecule has 0 N–H and O–H groups in total. The highest BCUT2D eigenvalue weighted by Crippen LogP contribution is 2.19. The molecule has 1 aromatic heterocycles. The van der Waals surface area contributed by atoms with Gasteiger partial charge in [-0.3, -0.25) is 0 Å². The summed E-state index contributed by atoms with van der Waals surface area (Å²) in [5.41, 5.74) is 4.91. The van der Waals surface area contributed by atoms with Crippen LogP contribution in [0, 0.1) is 0 Å². The van der Waals surface area contributed by atoms with Crippen molar-refractivity contribution >= 4 is 28.7 Å². The van der Waals surface area contributed by atoms with Crippen molar-refractivity contribution in [3.63, 3.8) is 0 Å². The Hall–Kier alpha value is -2.32. The van der Waals surface area contributed by atoms with E-state index in [1.165, 1.54) is 27.7 Å². The van der Waals surface area contributed by atoms with Crippen LogP contribution in [-0.4, -0.2) is 14.1 Å². The minimum Gasteiger partial charge on any atom is -1.00 e. The molecule has 0 unspecified atom stereocenters. The van der Waals surface area contributed by atoms with Crippen molar-refractivity contribution in [2.45, 2.75) is 0 Å². The van der Waals surface area contributed by atoms with Crippen molar-refractivity contribution < 1.29 is 17.0 Å². The number of fused-ring (bicyclic) bond motifs is 1. The number of benzene rings is 2. The lowest BCUT2D eigenvalue weighted by atomic mass is 10.1. The second kappa shape index (κ2) is 7.30. The summed E-state index contributed by atoms with van der Waals surface area (Å²) in [5.74, 6) is 0. The second-order valence-electron chi connectivity index (χ2n) is 5.72. The van der Waals surface area contributed by atoms with Crippen LogP contribution in [0.25, 0.3) is 23.1 Å². The first-order valence-corrected chi connectivity index (χ1v) is 7.48. The highest BCUT2D eigenvalue weighted by atomic mass is 35.5. The van der Waals surface area contributed by atoms with Crippen LogP contribution in [0.3, 0.4) is 0 Å². The number of nitrogens with zero attached hydrogens (tertiary/aromatic N) is 2. The molecule has 0 bridgehead atoms. The van der Waals surface area contributed by atoms with E-state index < -0.39 is 0 Å². The Morgan fingerprint density at radius 2 is 1.57 bits per heavy atom. The van der Waals surface area contributed by atoms with E-state index >= 15 is 0 Å². The molecule has 0 amide bonds. The molecule has 2 aromatic carbocycles. The number of halogens is 1. The zero-order chi connectivity index (χ0) is 15.5. The van der Waals surface area contributed by atoms with Gasteiger partial charge in [-0.15, -0.1) is 0 Å². The minimum atomic E-state index is 0. The number of pyridine rings is 1. The summed E-state index contributed by atoms with van der Waals surface area (Å²) in [5, 5.41) is 1.27. The van der Waals surface area contributed by atoms with Gasteiger partial charge in [0.1, 0.15) is 7.05 Å². The first kappa shape index (κ1) is 17.0. The molecular weight excluding hydrogens is 304 g/mol. The van der Waals surface area contributed by atoms with Gasteiger partial charge in [0.05, 0.1) is 5.39 Å². The van der Waals surface area contributed by atoms with Crippen molar-refractivity contribution in [3.8, 4) is 0 Å². The Kier molecular flexibility index (Phi) is 5.41. The Morgan fingerprint density at radius 3 is 2.26 bits per heavy atom. The number of para-hydroxylation sites is 1. The van der Waals surface area contributed by atoms with E-state index in [1.54, 1.807) is 0 Å².